The summed E-state index contributed by atoms with van der Waals surface area (Å²) in [6, 6.07) is 10.2. The van der Waals surface area contributed by atoms with Crippen LogP contribution in [0.5, 0.6) is 5.75 Å². The number of amides is 1. The molecule has 1 heterocycles. The van der Waals surface area contributed by atoms with Crippen LogP contribution in [-0.2, 0) is 11.4 Å². The van der Waals surface area contributed by atoms with Gasteiger partial charge in [-0.1, -0.05) is 48.3 Å². The highest BCUT2D eigenvalue weighted by Gasteiger charge is 2.31. The molecule has 0 aromatic heterocycles. The van der Waals surface area contributed by atoms with E-state index in [4.69, 9.17) is 17.0 Å². The first-order chi connectivity index (χ1) is 13.9. The van der Waals surface area contributed by atoms with Crippen LogP contribution in [0.3, 0.4) is 0 Å². The van der Waals surface area contributed by atoms with E-state index in [2.05, 4.69) is 6.58 Å². The van der Waals surface area contributed by atoms with Gasteiger partial charge in [0.25, 0.3) is 11.6 Å². The van der Waals surface area contributed by atoms with Crippen LogP contribution in [0.25, 0.3) is 6.08 Å². The Morgan fingerprint density at radius 3 is 2.76 bits per heavy atom. The molecule has 148 valence electrons. The van der Waals surface area contributed by atoms with Crippen molar-refractivity contribution >= 4 is 46.0 Å². The van der Waals surface area contributed by atoms with E-state index in [9.17, 15) is 19.3 Å². The smallest absolute Gasteiger partial charge is 0.270 e. The van der Waals surface area contributed by atoms with Crippen molar-refractivity contribution in [3.8, 4) is 5.75 Å². The second-order valence-electron chi connectivity index (χ2n) is 5.94. The maximum absolute atomic E-state index is 13.8. The number of carbonyl (C=O) groups excluding carboxylic acids is 1. The summed E-state index contributed by atoms with van der Waals surface area (Å²) in [7, 11) is 0. The van der Waals surface area contributed by atoms with Crippen molar-refractivity contribution in [3.63, 3.8) is 0 Å². The van der Waals surface area contributed by atoms with Crippen LogP contribution in [0.2, 0.25) is 0 Å². The van der Waals surface area contributed by atoms with Gasteiger partial charge in [-0.2, -0.15) is 0 Å². The number of benzene rings is 2. The van der Waals surface area contributed by atoms with Crippen molar-refractivity contribution in [1.29, 1.82) is 0 Å². The summed E-state index contributed by atoms with van der Waals surface area (Å²) in [4.78, 5) is 24.9. The Labute approximate surface area is 175 Å². The van der Waals surface area contributed by atoms with Gasteiger partial charge in [0.15, 0.2) is 0 Å². The summed E-state index contributed by atoms with van der Waals surface area (Å²) in [5.41, 5.74) is 0.514. The fourth-order valence-electron chi connectivity index (χ4n) is 2.59. The largest absolute Gasteiger partial charge is 0.488 e. The lowest BCUT2D eigenvalue weighted by Crippen LogP contribution is -2.27. The van der Waals surface area contributed by atoms with Gasteiger partial charge in [0.1, 0.15) is 22.5 Å². The van der Waals surface area contributed by atoms with E-state index in [1.165, 1.54) is 35.2 Å². The van der Waals surface area contributed by atoms with Gasteiger partial charge in [0.2, 0.25) is 0 Å². The average Bonchev–Trinajstić information content (AvgIpc) is 2.95. The highest BCUT2D eigenvalue weighted by molar-refractivity contribution is 8.26. The molecule has 29 heavy (non-hydrogen) atoms. The fourth-order valence-corrected chi connectivity index (χ4v) is 3.86. The standard InChI is InChI=1S/C20H15FN2O4S2/c1-2-9-22-19(24)18(29-20(22)28)11-14-10-15(23(25)26)7-8-17(14)27-12-13-5-3-4-6-16(13)21/h2-8,10-11H,1,9,12H2/b18-11-. The molecule has 3 rings (SSSR count). The number of rotatable bonds is 7. The Morgan fingerprint density at radius 1 is 1.31 bits per heavy atom. The second kappa shape index (κ2) is 8.97. The molecule has 1 aliphatic rings. The zero-order chi connectivity index (χ0) is 21.0. The van der Waals surface area contributed by atoms with Gasteiger partial charge < -0.3 is 4.74 Å². The zero-order valence-electron chi connectivity index (χ0n) is 15.0. The van der Waals surface area contributed by atoms with Crippen molar-refractivity contribution in [2.45, 2.75) is 6.61 Å². The first-order valence-electron chi connectivity index (χ1n) is 8.41. The van der Waals surface area contributed by atoms with Crippen molar-refractivity contribution in [2.75, 3.05) is 6.54 Å². The van der Waals surface area contributed by atoms with Crippen LogP contribution >= 0.6 is 24.0 Å². The van der Waals surface area contributed by atoms with Crippen LogP contribution in [0.15, 0.2) is 60.0 Å². The lowest BCUT2D eigenvalue weighted by atomic mass is 10.1. The molecule has 1 fully saturated rings. The molecular formula is C20H15FN2O4S2. The van der Waals surface area contributed by atoms with E-state index in [0.29, 0.717) is 20.4 Å². The molecule has 0 aliphatic carbocycles. The van der Waals surface area contributed by atoms with E-state index < -0.39 is 10.7 Å². The number of nitro benzene ring substituents is 1. The van der Waals surface area contributed by atoms with E-state index >= 15 is 0 Å². The van der Waals surface area contributed by atoms with Gasteiger partial charge in [0.05, 0.1) is 9.83 Å². The molecule has 0 saturated carbocycles. The molecule has 9 heteroatoms. The topological polar surface area (TPSA) is 72.7 Å². The zero-order valence-corrected chi connectivity index (χ0v) is 16.7. The van der Waals surface area contributed by atoms with E-state index in [1.54, 1.807) is 24.3 Å². The molecule has 2 aromatic rings. The van der Waals surface area contributed by atoms with E-state index in [1.807, 2.05) is 0 Å². The summed E-state index contributed by atoms with van der Waals surface area (Å²) in [6.45, 7) is 3.80. The number of hydrogen-bond donors (Lipinski definition) is 0. The number of hydrogen-bond acceptors (Lipinski definition) is 6. The van der Waals surface area contributed by atoms with E-state index in [-0.39, 0.29) is 30.5 Å². The number of thiocarbonyl (C=S) groups is 1. The molecular weight excluding hydrogens is 415 g/mol. The van der Waals surface area contributed by atoms with Crippen molar-refractivity contribution < 1.29 is 18.8 Å². The van der Waals surface area contributed by atoms with Crippen molar-refractivity contribution in [3.05, 3.63) is 87.1 Å². The quantitative estimate of drug-likeness (QED) is 0.208. The van der Waals surface area contributed by atoms with Crippen LogP contribution < -0.4 is 4.74 Å². The normalized spacial score (nSPS) is 15.1. The lowest BCUT2D eigenvalue weighted by Gasteiger charge is -2.11. The van der Waals surface area contributed by atoms with Crippen LogP contribution in [0.4, 0.5) is 10.1 Å². The Balaban J connectivity index is 1.93. The molecule has 2 aromatic carbocycles. The highest BCUT2D eigenvalue weighted by atomic mass is 32.2. The first kappa shape index (κ1) is 20.7. The maximum Gasteiger partial charge on any atom is 0.270 e. The predicted molar refractivity (Wildman–Crippen MR) is 114 cm³/mol. The third-order valence-electron chi connectivity index (χ3n) is 4.02. The molecule has 0 unspecified atom stereocenters. The molecule has 0 radical (unpaired) electrons. The SMILES string of the molecule is C=CCN1C(=O)/C(=C/c2cc([N+](=O)[O-])ccc2OCc2ccccc2F)SC1=S. The molecule has 1 saturated heterocycles. The Bertz CT molecular complexity index is 1040. The summed E-state index contributed by atoms with van der Waals surface area (Å²) >= 11 is 6.30. The number of halogens is 1. The molecule has 0 spiro atoms. The number of thioether (sulfide) groups is 1. The monoisotopic (exact) mass is 430 g/mol. The van der Waals surface area contributed by atoms with Gasteiger partial charge in [-0.3, -0.25) is 19.8 Å². The van der Waals surface area contributed by atoms with E-state index in [0.717, 1.165) is 11.8 Å². The Morgan fingerprint density at radius 2 is 2.07 bits per heavy atom. The van der Waals surface area contributed by atoms with Gasteiger partial charge in [-0.05, 0) is 18.2 Å². The third-order valence-corrected chi connectivity index (χ3v) is 5.39. The van der Waals surface area contributed by atoms with Gasteiger partial charge >= 0.3 is 0 Å². The lowest BCUT2D eigenvalue weighted by molar-refractivity contribution is -0.384. The highest BCUT2D eigenvalue weighted by Crippen LogP contribution is 2.35. The summed E-state index contributed by atoms with van der Waals surface area (Å²) < 4.78 is 19.9. The van der Waals surface area contributed by atoms with Crippen molar-refractivity contribution in [1.82, 2.24) is 4.90 Å². The minimum Gasteiger partial charge on any atom is -0.488 e. The maximum atomic E-state index is 13.8. The number of nitrogens with zero attached hydrogens (tertiary/aromatic N) is 2. The Hall–Kier alpha value is -3.04. The number of ether oxygens (including phenoxy) is 1. The van der Waals surface area contributed by atoms with Crippen LogP contribution in [-0.4, -0.2) is 26.6 Å². The second-order valence-corrected chi connectivity index (χ2v) is 7.62. The molecule has 0 N–H and O–H groups in total. The molecule has 1 amide bonds. The predicted octanol–water partition coefficient (Wildman–Crippen LogP) is 4.70. The fraction of sp³-hybridized carbons (Fsp3) is 0.100. The molecule has 6 nitrogen and oxygen atoms in total. The van der Waals surface area contributed by atoms with Crippen molar-refractivity contribution in [2.24, 2.45) is 0 Å². The van der Waals surface area contributed by atoms with Crippen LogP contribution in [0, 0.1) is 15.9 Å². The van der Waals surface area contributed by atoms with Gasteiger partial charge in [-0.25, -0.2) is 4.39 Å². The minimum absolute atomic E-state index is 0.0667. The number of non-ortho nitro benzene ring substituents is 1. The average molecular weight is 430 g/mol. The van der Waals surface area contributed by atoms with Gasteiger partial charge in [0, 0.05) is 29.8 Å². The number of nitro groups is 1. The van der Waals surface area contributed by atoms with Crippen LogP contribution in [0.1, 0.15) is 11.1 Å². The minimum atomic E-state index is -0.541. The molecule has 0 bridgehead atoms. The first-order valence-corrected chi connectivity index (χ1v) is 9.64. The third kappa shape index (κ3) is 4.69. The molecule has 0 atom stereocenters. The Kier molecular flexibility index (Phi) is 6.40. The van der Waals surface area contributed by atoms with Gasteiger partial charge in [-0.15, -0.1) is 6.58 Å². The summed E-state index contributed by atoms with van der Waals surface area (Å²) in [5, 5.41) is 11.2. The summed E-state index contributed by atoms with van der Waals surface area (Å²) in [6.07, 6.45) is 3.05. The number of carbonyl (C=O) groups is 1. The summed E-state index contributed by atoms with van der Waals surface area (Å²) in [5.74, 6) is -0.444. The molecule has 1 aliphatic heterocycles.